The highest BCUT2D eigenvalue weighted by atomic mass is 32.2. The van der Waals surface area contributed by atoms with Crippen LogP contribution in [-0.2, 0) is 10.0 Å². The number of benzene rings is 1. The largest absolute Gasteiger partial charge is 0.356 e. The molecule has 162 valence electrons. The minimum atomic E-state index is -3.47. The maximum absolute atomic E-state index is 12.8. The molecule has 2 aliphatic rings. The molecule has 5 rings (SSSR count). The van der Waals surface area contributed by atoms with Gasteiger partial charge in [0.25, 0.3) is 5.91 Å². The lowest BCUT2D eigenvalue weighted by atomic mass is 10.0. The van der Waals surface area contributed by atoms with E-state index in [9.17, 15) is 13.2 Å². The lowest BCUT2D eigenvalue weighted by Gasteiger charge is -2.33. The molecule has 7 nitrogen and oxygen atoms in total. The third-order valence-electron chi connectivity index (χ3n) is 5.76. The first kappa shape index (κ1) is 20.4. The third-order valence-corrected chi connectivity index (χ3v) is 8.68. The van der Waals surface area contributed by atoms with E-state index in [1.807, 2.05) is 30.3 Å². The zero-order valence-corrected chi connectivity index (χ0v) is 18.6. The Kier molecular flexibility index (Phi) is 5.41. The zero-order valence-electron chi connectivity index (χ0n) is 17.0. The van der Waals surface area contributed by atoms with Gasteiger partial charge in [-0.3, -0.25) is 4.79 Å². The highest BCUT2D eigenvalue weighted by Crippen LogP contribution is 2.27. The molecule has 1 saturated heterocycles. The number of pyridine rings is 1. The van der Waals surface area contributed by atoms with Crippen LogP contribution in [-0.4, -0.2) is 44.5 Å². The molecular weight excluding hydrogens is 432 g/mol. The number of carbonyl (C=O) groups excluding carboxylic acids is 1. The van der Waals surface area contributed by atoms with Crippen LogP contribution in [0, 0.1) is 0 Å². The van der Waals surface area contributed by atoms with Crippen LogP contribution in [0.1, 0.15) is 36.0 Å². The number of amides is 1. The van der Waals surface area contributed by atoms with Crippen LogP contribution in [0.2, 0.25) is 0 Å². The molecule has 1 aliphatic carbocycles. The van der Waals surface area contributed by atoms with Gasteiger partial charge in [0, 0.05) is 30.6 Å². The van der Waals surface area contributed by atoms with E-state index in [1.54, 1.807) is 17.5 Å². The van der Waals surface area contributed by atoms with Crippen LogP contribution in [0.3, 0.4) is 0 Å². The number of nitrogens with zero attached hydrogens (tertiary/aromatic N) is 2. The van der Waals surface area contributed by atoms with E-state index >= 15 is 0 Å². The summed E-state index contributed by atoms with van der Waals surface area (Å²) in [4.78, 5) is 19.8. The molecule has 3 aromatic rings. The van der Waals surface area contributed by atoms with Crippen molar-refractivity contribution in [3.8, 4) is 0 Å². The van der Waals surface area contributed by atoms with Gasteiger partial charge in [0.2, 0.25) is 10.0 Å². The topological polar surface area (TPSA) is 91.4 Å². The van der Waals surface area contributed by atoms with Crippen molar-refractivity contribution in [1.82, 2.24) is 15.0 Å². The summed E-state index contributed by atoms with van der Waals surface area (Å²) in [6, 6.07) is 13.1. The summed E-state index contributed by atoms with van der Waals surface area (Å²) in [6.07, 6.45) is 3.44. The summed E-state index contributed by atoms with van der Waals surface area (Å²) >= 11 is 1.22. The third kappa shape index (κ3) is 4.44. The van der Waals surface area contributed by atoms with Crippen molar-refractivity contribution >= 4 is 44.0 Å². The van der Waals surface area contributed by atoms with Crippen molar-refractivity contribution in [2.24, 2.45) is 0 Å². The Labute approximate surface area is 185 Å². The fourth-order valence-electron chi connectivity index (χ4n) is 3.92. The van der Waals surface area contributed by atoms with Crippen molar-refractivity contribution in [2.75, 3.05) is 18.0 Å². The number of fused-ring (bicyclic) bond motifs is 1. The van der Waals surface area contributed by atoms with E-state index in [2.05, 4.69) is 14.9 Å². The van der Waals surface area contributed by atoms with Crippen LogP contribution in [0.15, 0.2) is 52.1 Å². The predicted molar refractivity (Wildman–Crippen MR) is 122 cm³/mol. The molecule has 0 radical (unpaired) electrons. The van der Waals surface area contributed by atoms with Gasteiger partial charge in [-0.1, -0.05) is 24.3 Å². The molecule has 2 fully saturated rings. The second-order valence-corrected chi connectivity index (χ2v) is 11.0. The molecule has 1 amide bonds. The number of nitrogens with one attached hydrogen (secondary N) is 2. The van der Waals surface area contributed by atoms with Crippen molar-refractivity contribution in [3.63, 3.8) is 0 Å². The van der Waals surface area contributed by atoms with E-state index in [0.29, 0.717) is 35.7 Å². The average molecular weight is 457 g/mol. The minimum absolute atomic E-state index is 0.0547. The van der Waals surface area contributed by atoms with Crippen LogP contribution < -0.4 is 14.9 Å². The van der Waals surface area contributed by atoms with Crippen LogP contribution in [0.5, 0.6) is 0 Å². The lowest BCUT2D eigenvalue weighted by Crippen LogP contribution is -2.44. The molecule has 3 heterocycles. The van der Waals surface area contributed by atoms with Gasteiger partial charge in [0.05, 0.1) is 11.1 Å². The van der Waals surface area contributed by atoms with E-state index in [4.69, 9.17) is 4.98 Å². The standard InChI is InChI=1S/C22H24N4O3S2/c27-22(23-15-7-8-15)18-14-20(24-19-5-2-1-4-17(18)19)26-11-9-16(10-12-26)25-31(28,29)21-6-3-13-30-21/h1-6,13-16,25H,7-12H2,(H,23,27). The first-order chi connectivity index (χ1) is 15.0. The summed E-state index contributed by atoms with van der Waals surface area (Å²) in [5.41, 5.74) is 1.44. The lowest BCUT2D eigenvalue weighted by molar-refractivity contribution is 0.0952. The van der Waals surface area contributed by atoms with Gasteiger partial charge in [0.15, 0.2) is 0 Å². The van der Waals surface area contributed by atoms with Crippen LogP contribution in [0.25, 0.3) is 10.9 Å². The van der Waals surface area contributed by atoms with E-state index in [-0.39, 0.29) is 18.0 Å². The van der Waals surface area contributed by atoms with Gasteiger partial charge in [-0.2, -0.15) is 0 Å². The summed E-state index contributed by atoms with van der Waals surface area (Å²) in [7, 11) is -3.47. The number of aromatic nitrogens is 1. The summed E-state index contributed by atoms with van der Waals surface area (Å²) in [6.45, 7) is 1.35. The average Bonchev–Trinajstić information content (AvgIpc) is 3.39. The molecule has 0 bridgehead atoms. The van der Waals surface area contributed by atoms with E-state index < -0.39 is 10.0 Å². The van der Waals surface area contributed by atoms with Gasteiger partial charge in [0.1, 0.15) is 10.0 Å². The SMILES string of the molecule is O=C(NC1CC1)c1cc(N2CCC(NS(=O)(=O)c3cccs3)CC2)nc2ccccc12. The van der Waals surface area contributed by atoms with Crippen LogP contribution in [0.4, 0.5) is 5.82 Å². The van der Waals surface area contributed by atoms with Crippen molar-refractivity contribution in [2.45, 2.75) is 42.0 Å². The molecule has 31 heavy (non-hydrogen) atoms. The molecule has 1 aromatic carbocycles. The molecule has 2 N–H and O–H groups in total. The maximum atomic E-state index is 12.8. The number of para-hydroxylation sites is 1. The molecule has 2 aromatic heterocycles. The van der Waals surface area contributed by atoms with E-state index in [0.717, 1.165) is 29.6 Å². The first-order valence-electron chi connectivity index (χ1n) is 10.5. The number of anilines is 1. The highest BCUT2D eigenvalue weighted by Gasteiger charge is 2.28. The monoisotopic (exact) mass is 456 g/mol. The number of carbonyl (C=O) groups is 1. The van der Waals surface area contributed by atoms with Crippen molar-refractivity contribution in [3.05, 3.63) is 53.4 Å². The van der Waals surface area contributed by atoms with Crippen molar-refractivity contribution in [1.29, 1.82) is 0 Å². The second-order valence-electron chi connectivity index (χ2n) is 8.11. The fourth-order valence-corrected chi connectivity index (χ4v) is 6.24. The molecule has 1 aliphatic heterocycles. The zero-order chi connectivity index (χ0) is 21.4. The Bertz CT molecular complexity index is 1200. The van der Waals surface area contributed by atoms with Crippen molar-refractivity contribution < 1.29 is 13.2 Å². The normalized spacial score (nSPS) is 17.7. The van der Waals surface area contributed by atoms with Gasteiger partial charge in [-0.05, 0) is 49.3 Å². The van der Waals surface area contributed by atoms with E-state index in [1.165, 1.54) is 11.3 Å². The number of rotatable bonds is 6. The van der Waals surface area contributed by atoms with Gasteiger partial charge < -0.3 is 10.2 Å². The Morgan fingerprint density at radius 1 is 1.03 bits per heavy atom. The number of hydrogen-bond acceptors (Lipinski definition) is 6. The molecule has 9 heteroatoms. The first-order valence-corrected chi connectivity index (χ1v) is 12.9. The molecule has 0 spiro atoms. The van der Waals surface area contributed by atoms with Gasteiger partial charge >= 0.3 is 0 Å². The molecular formula is C22H24N4O3S2. The summed E-state index contributed by atoms with van der Waals surface area (Å²) in [5.74, 6) is 0.708. The Morgan fingerprint density at radius 3 is 2.52 bits per heavy atom. The highest BCUT2D eigenvalue weighted by molar-refractivity contribution is 7.91. The predicted octanol–water partition coefficient (Wildman–Crippen LogP) is 3.14. The van der Waals surface area contributed by atoms with Gasteiger partial charge in [-0.25, -0.2) is 18.1 Å². The molecule has 1 saturated carbocycles. The molecule has 0 atom stereocenters. The Morgan fingerprint density at radius 2 is 1.81 bits per heavy atom. The van der Waals surface area contributed by atoms with Gasteiger partial charge in [-0.15, -0.1) is 11.3 Å². The summed E-state index contributed by atoms with van der Waals surface area (Å²) in [5, 5.41) is 5.69. The summed E-state index contributed by atoms with van der Waals surface area (Å²) < 4.78 is 28.2. The molecule has 0 unspecified atom stereocenters. The number of thiophene rings is 1. The maximum Gasteiger partial charge on any atom is 0.252 e. The number of sulfonamides is 1. The number of hydrogen-bond donors (Lipinski definition) is 2. The Hall–Kier alpha value is -2.49. The van der Waals surface area contributed by atoms with Crippen LogP contribution >= 0.6 is 11.3 Å². The second kappa shape index (κ2) is 8.22. The minimum Gasteiger partial charge on any atom is -0.356 e. The number of piperidine rings is 1. The fraction of sp³-hybridized carbons (Fsp3) is 0.364. The quantitative estimate of drug-likeness (QED) is 0.595. The smallest absolute Gasteiger partial charge is 0.252 e. The Balaban J connectivity index is 1.33.